The molecule has 16 heavy (non-hydrogen) atoms. The van der Waals surface area contributed by atoms with Crippen LogP contribution >= 0.6 is 11.6 Å². The summed E-state index contributed by atoms with van der Waals surface area (Å²) in [4.78, 5) is 10.8. The molecule has 6 heteroatoms. The van der Waals surface area contributed by atoms with Gasteiger partial charge in [-0.1, -0.05) is 11.6 Å². The standard InChI is InChI=1S/C10H11ClO5/c11-6-1-2-8(10(14)15)9(3-6)16-5-7(13)4-12/h1-3,7,12-13H,4-5H2,(H,14,15). The van der Waals surface area contributed by atoms with Crippen LogP contribution in [0.4, 0.5) is 0 Å². The summed E-state index contributed by atoms with van der Waals surface area (Å²) in [5.74, 6) is -1.09. The molecule has 0 saturated carbocycles. The monoisotopic (exact) mass is 246 g/mol. The summed E-state index contributed by atoms with van der Waals surface area (Å²) < 4.78 is 5.06. The molecule has 0 fully saturated rings. The van der Waals surface area contributed by atoms with Crippen molar-refractivity contribution in [1.29, 1.82) is 0 Å². The van der Waals surface area contributed by atoms with E-state index < -0.39 is 18.7 Å². The zero-order valence-electron chi connectivity index (χ0n) is 8.26. The number of ether oxygens (including phenoxy) is 1. The quantitative estimate of drug-likeness (QED) is 0.714. The minimum absolute atomic E-state index is 0.0467. The fraction of sp³-hybridized carbons (Fsp3) is 0.300. The highest BCUT2D eigenvalue weighted by Gasteiger charge is 2.13. The number of benzene rings is 1. The third-order valence-corrected chi connectivity index (χ3v) is 2.05. The molecule has 1 aromatic carbocycles. The number of carboxylic acid groups (broad SMARTS) is 1. The fourth-order valence-corrected chi connectivity index (χ4v) is 1.19. The molecule has 0 aliphatic rings. The molecule has 0 amide bonds. The molecule has 5 nitrogen and oxygen atoms in total. The maximum atomic E-state index is 10.8. The van der Waals surface area contributed by atoms with Crippen LogP contribution in [-0.2, 0) is 0 Å². The largest absolute Gasteiger partial charge is 0.490 e. The Hall–Kier alpha value is -1.30. The molecule has 0 aliphatic heterocycles. The van der Waals surface area contributed by atoms with E-state index in [-0.39, 0.29) is 17.9 Å². The second kappa shape index (κ2) is 5.69. The highest BCUT2D eigenvalue weighted by Crippen LogP contribution is 2.23. The predicted molar refractivity (Wildman–Crippen MR) is 57.0 cm³/mol. The Kier molecular flexibility index (Phi) is 4.54. The van der Waals surface area contributed by atoms with Gasteiger partial charge in [0.25, 0.3) is 0 Å². The van der Waals surface area contributed by atoms with E-state index in [1.54, 1.807) is 0 Å². The Morgan fingerprint density at radius 3 is 2.75 bits per heavy atom. The van der Waals surface area contributed by atoms with Crippen LogP contribution in [0.1, 0.15) is 10.4 Å². The molecule has 0 heterocycles. The zero-order valence-corrected chi connectivity index (χ0v) is 9.02. The summed E-state index contributed by atoms with van der Waals surface area (Å²) in [5.41, 5.74) is -0.0467. The molecule has 0 bridgehead atoms. The molecule has 0 radical (unpaired) electrons. The van der Waals surface area contributed by atoms with Gasteiger partial charge in [-0.25, -0.2) is 4.79 Å². The maximum absolute atomic E-state index is 10.8. The molecule has 0 saturated heterocycles. The van der Waals surface area contributed by atoms with Crippen molar-refractivity contribution in [2.45, 2.75) is 6.10 Å². The second-order valence-corrected chi connectivity index (χ2v) is 3.53. The van der Waals surface area contributed by atoms with Crippen LogP contribution in [0, 0.1) is 0 Å². The van der Waals surface area contributed by atoms with Crippen LogP contribution in [0.25, 0.3) is 0 Å². The summed E-state index contributed by atoms with van der Waals surface area (Å²) >= 11 is 5.69. The van der Waals surface area contributed by atoms with Gasteiger partial charge < -0.3 is 20.1 Å². The van der Waals surface area contributed by atoms with Crippen LogP contribution in [0.3, 0.4) is 0 Å². The van der Waals surface area contributed by atoms with Gasteiger partial charge in [-0.15, -0.1) is 0 Å². The first-order valence-corrected chi connectivity index (χ1v) is 4.87. The van der Waals surface area contributed by atoms with Crippen LogP contribution < -0.4 is 4.74 Å². The molecule has 1 rings (SSSR count). The van der Waals surface area contributed by atoms with E-state index >= 15 is 0 Å². The van der Waals surface area contributed by atoms with Crippen molar-refractivity contribution in [2.24, 2.45) is 0 Å². The lowest BCUT2D eigenvalue weighted by Crippen LogP contribution is -2.22. The van der Waals surface area contributed by atoms with Crippen LogP contribution in [0.2, 0.25) is 5.02 Å². The van der Waals surface area contributed by atoms with Gasteiger partial charge in [-0.2, -0.15) is 0 Å². The first kappa shape index (κ1) is 12.8. The number of carbonyl (C=O) groups is 1. The lowest BCUT2D eigenvalue weighted by molar-refractivity contribution is 0.0519. The highest BCUT2D eigenvalue weighted by molar-refractivity contribution is 6.30. The molecule has 0 aromatic heterocycles. The van der Waals surface area contributed by atoms with Gasteiger partial charge in [-0.3, -0.25) is 0 Å². The topological polar surface area (TPSA) is 87.0 Å². The molecule has 1 unspecified atom stereocenters. The van der Waals surface area contributed by atoms with E-state index in [2.05, 4.69) is 0 Å². The molecule has 0 aliphatic carbocycles. The van der Waals surface area contributed by atoms with Crippen molar-refractivity contribution in [3.05, 3.63) is 28.8 Å². The van der Waals surface area contributed by atoms with Crippen LogP contribution in [0.15, 0.2) is 18.2 Å². The van der Waals surface area contributed by atoms with Crippen LogP contribution in [0.5, 0.6) is 5.75 Å². The molecular formula is C10H11ClO5. The Labute approximate surface area is 96.9 Å². The molecule has 1 atom stereocenters. The number of rotatable bonds is 5. The zero-order chi connectivity index (χ0) is 12.1. The Balaban J connectivity index is 2.84. The van der Waals surface area contributed by atoms with Crippen molar-refractivity contribution < 1.29 is 24.9 Å². The van der Waals surface area contributed by atoms with Gasteiger partial charge in [0.2, 0.25) is 0 Å². The number of hydrogen-bond donors (Lipinski definition) is 3. The van der Waals surface area contributed by atoms with Gasteiger partial charge in [0, 0.05) is 5.02 Å². The lowest BCUT2D eigenvalue weighted by Gasteiger charge is -2.12. The lowest BCUT2D eigenvalue weighted by atomic mass is 10.2. The van der Waals surface area contributed by atoms with Gasteiger partial charge in [0.15, 0.2) is 0 Å². The summed E-state index contributed by atoms with van der Waals surface area (Å²) in [6, 6.07) is 4.08. The smallest absolute Gasteiger partial charge is 0.339 e. The molecule has 0 spiro atoms. The minimum Gasteiger partial charge on any atom is -0.490 e. The van der Waals surface area contributed by atoms with E-state index in [0.717, 1.165) is 0 Å². The van der Waals surface area contributed by atoms with E-state index in [9.17, 15) is 4.79 Å². The molecular weight excluding hydrogens is 236 g/mol. The third-order valence-electron chi connectivity index (χ3n) is 1.82. The van der Waals surface area contributed by atoms with Gasteiger partial charge in [0.05, 0.1) is 6.61 Å². The summed E-state index contributed by atoms with van der Waals surface area (Å²) in [5, 5.41) is 26.8. The van der Waals surface area contributed by atoms with Crippen molar-refractivity contribution in [3.63, 3.8) is 0 Å². The first-order chi connectivity index (χ1) is 7.54. The SMILES string of the molecule is O=C(O)c1ccc(Cl)cc1OCC(O)CO. The number of hydrogen-bond acceptors (Lipinski definition) is 4. The second-order valence-electron chi connectivity index (χ2n) is 3.09. The van der Waals surface area contributed by atoms with E-state index in [0.29, 0.717) is 5.02 Å². The Morgan fingerprint density at radius 1 is 1.50 bits per heavy atom. The van der Waals surface area contributed by atoms with Crippen molar-refractivity contribution >= 4 is 17.6 Å². The summed E-state index contributed by atoms with van der Waals surface area (Å²) in [7, 11) is 0. The molecule has 88 valence electrons. The first-order valence-electron chi connectivity index (χ1n) is 4.49. The minimum atomic E-state index is -1.15. The van der Waals surface area contributed by atoms with Crippen molar-refractivity contribution in [3.8, 4) is 5.75 Å². The maximum Gasteiger partial charge on any atom is 0.339 e. The number of carboxylic acids is 1. The Bertz CT molecular complexity index is 379. The average Bonchev–Trinajstić information content (AvgIpc) is 2.25. The number of aliphatic hydroxyl groups excluding tert-OH is 2. The summed E-state index contributed by atoms with van der Waals surface area (Å²) in [6.07, 6.45) is -1.05. The van der Waals surface area contributed by atoms with Crippen LogP contribution in [-0.4, -0.2) is 40.6 Å². The number of halogens is 1. The van der Waals surface area contributed by atoms with Crippen molar-refractivity contribution in [2.75, 3.05) is 13.2 Å². The Morgan fingerprint density at radius 2 is 2.19 bits per heavy atom. The fourth-order valence-electron chi connectivity index (χ4n) is 1.03. The third kappa shape index (κ3) is 3.37. The number of aliphatic hydroxyl groups is 2. The summed E-state index contributed by atoms with van der Waals surface area (Å²) in [6.45, 7) is -0.653. The van der Waals surface area contributed by atoms with Crippen molar-refractivity contribution in [1.82, 2.24) is 0 Å². The predicted octanol–water partition coefficient (Wildman–Crippen LogP) is 0.770. The molecule has 3 N–H and O–H groups in total. The highest BCUT2D eigenvalue weighted by atomic mass is 35.5. The van der Waals surface area contributed by atoms with E-state index in [1.807, 2.05) is 0 Å². The van der Waals surface area contributed by atoms with Gasteiger partial charge in [-0.05, 0) is 18.2 Å². The molecule has 1 aromatic rings. The number of aromatic carboxylic acids is 1. The van der Waals surface area contributed by atoms with Gasteiger partial charge >= 0.3 is 5.97 Å². The van der Waals surface area contributed by atoms with E-state index in [1.165, 1.54) is 18.2 Å². The van der Waals surface area contributed by atoms with E-state index in [4.69, 9.17) is 31.7 Å². The normalized spacial score (nSPS) is 12.2. The van der Waals surface area contributed by atoms with Gasteiger partial charge in [0.1, 0.15) is 24.0 Å². The average molecular weight is 247 g/mol.